The molecule has 0 atom stereocenters. The number of carbonyl (C=O) groups is 1. The van der Waals surface area contributed by atoms with Crippen LogP contribution < -0.4 is 20.1 Å². The molecule has 0 radical (unpaired) electrons. The molecule has 2 rings (SSSR count). The van der Waals surface area contributed by atoms with Crippen molar-refractivity contribution in [3.63, 3.8) is 0 Å². The molecule has 6 nitrogen and oxygen atoms in total. The molecular weight excluding hydrogens is 315 g/mol. The van der Waals surface area contributed by atoms with Gasteiger partial charge in [-0.1, -0.05) is 0 Å². The Hall–Kier alpha value is -1.86. The highest BCUT2D eigenvalue weighted by molar-refractivity contribution is 5.95. The summed E-state index contributed by atoms with van der Waals surface area (Å²) in [7, 11) is 4.52. The topological polar surface area (TPSA) is 68.8 Å². The van der Waals surface area contributed by atoms with Crippen molar-refractivity contribution < 1.29 is 23.4 Å². The number of amides is 1. The average molecular weight is 340 g/mol. The number of hydrogen-bond donors (Lipinski definition) is 2. The molecule has 1 fully saturated rings. The second-order valence-electron chi connectivity index (χ2n) is 6.05. The van der Waals surface area contributed by atoms with E-state index in [4.69, 9.17) is 14.2 Å². The summed E-state index contributed by atoms with van der Waals surface area (Å²) < 4.78 is 29.7. The van der Waals surface area contributed by atoms with E-state index in [1.54, 1.807) is 7.11 Å². The summed E-state index contributed by atoms with van der Waals surface area (Å²) >= 11 is 0. The molecule has 7 heteroatoms. The molecule has 1 heterocycles. The molecule has 0 aromatic heterocycles. The van der Waals surface area contributed by atoms with Gasteiger partial charge in [-0.3, -0.25) is 4.79 Å². The van der Waals surface area contributed by atoms with Crippen LogP contribution in [-0.2, 0) is 4.74 Å². The second-order valence-corrected chi connectivity index (χ2v) is 6.05. The number of methoxy groups -OCH3 is 3. The Morgan fingerprint density at radius 3 is 2.42 bits per heavy atom. The fourth-order valence-electron chi connectivity index (χ4n) is 3.03. The van der Waals surface area contributed by atoms with Gasteiger partial charge in [0.05, 0.1) is 26.4 Å². The summed E-state index contributed by atoms with van der Waals surface area (Å²) in [6.07, 6.45) is 1.80. The maximum absolute atomic E-state index is 14.2. The molecule has 0 aliphatic carbocycles. The summed E-state index contributed by atoms with van der Waals surface area (Å²) in [5, 5.41) is 6.14. The number of piperidine rings is 1. The van der Waals surface area contributed by atoms with E-state index in [0.717, 1.165) is 32.0 Å². The SMILES string of the molecule is COCC1(CNC(=O)c2cc(OC)c(OC)cc2F)CCNCC1. The van der Waals surface area contributed by atoms with Gasteiger partial charge in [-0.25, -0.2) is 4.39 Å². The Morgan fingerprint density at radius 2 is 1.83 bits per heavy atom. The Balaban J connectivity index is 2.11. The van der Waals surface area contributed by atoms with Crippen molar-refractivity contribution in [2.75, 3.05) is 47.6 Å². The number of ether oxygens (including phenoxy) is 3. The Bertz CT molecular complexity index is 568. The van der Waals surface area contributed by atoms with E-state index in [9.17, 15) is 9.18 Å². The minimum atomic E-state index is -0.642. The van der Waals surface area contributed by atoms with Crippen LogP contribution in [-0.4, -0.2) is 53.5 Å². The fourth-order valence-corrected chi connectivity index (χ4v) is 3.03. The van der Waals surface area contributed by atoms with Gasteiger partial charge in [0, 0.05) is 25.1 Å². The standard InChI is InChI=1S/C17H25FN2O4/c1-22-11-17(4-6-19-7-5-17)10-20-16(21)12-8-14(23-2)15(24-3)9-13(12)18/h8-9,19H,4-7,10-11H2,1-3H3,(H,20,21). The van der Waals surface area contributed by atoms with Crippen molar-refractivity contribution in [1.82, 2.24) is 10.6 Å². The van der Waals surface area contributed by atoms with Crippen LogP contribution in [0.1, 0.15) is 23.2 Å². The smallest absolute Gasteiger partial charge is 0.254 e. The lowest BCUT2D eigenvalue weighted by atomic mass is 9.79. The third kappa shape index (κ3) is 4.15. The summed E-state index contributed by atoms with van der Waals surface area (Å²) in [6.45, 7) is 2.76. The van der Waals surface area contributed by atoms with Gasteiger partial charge >= 0.3 is 0 Å². The minimum absolute atomic E-state index is 0.0610. The number of carbonyl (C=O) groups excluding carboxylic acids is 1. The third-order valence-electron chi connectivity index (χ3n) is 4.46. The third-order valence-corrected chi connectivity index (χ3v) is 4.46. The Morgan fingerprint density at radius 1 is 1.21 bits per heavy atom. The fraction of sp³-hybridized carbons (Fsp3) is 0.588. The first kappa shape index (κ1) is 18.5. The summed E-state index contributed by atoms with van der Waals surface area (Å²) in [6, 6.07) is 2.51. The largest absolute Gasteiger partial charge is 0.493 e. The van der Waals surface area contributed by atoms with Crippen LogP contribution in [0.2, 0.25) is 0 Å². The van der Waals surface area contributed by atoms with Gasteiger partial charge in [-0.2, -0.15) is 0 Å². The average Bonchev–Trinajstić information content (AvgIpc) is 2.60. The maximum atomic E-state index is 14.2. The van der Waals surface area contributed by atoms with E-state index in [0.29, 0.717) is 18.9 Å². The van der Waals surface area contributed by atoms with Crippen LogP contribution >= 0.6 is 0 Å². The van der Waals surface area contributed by atoms with Gasteiger partial charge in [0.15, 0.2) is 11.5 Å². The van der Waals surface area contributed by atoms with Gasteiger partial charge in [0.1, 0.15) is 5.82 Å². The molecule has 1 aliphatic heterocycles. The number of hydrogen-bond acceptors (Lipinski definition) is 5. The van der Waals surface area contributed by atoms with Gasteiger partial charge in [-0.15, -0.1) is 0 Å². The van der Waals surface area contributed by atoms with E-state index < -0.39 is 11.7 Å². The second kappa shape index (κ2) is 8.30. The molecular formula is C17H25FN2O4. The van der Waals surface area contributed by atoms with Crippen molar-refractivity contribution in [3.05, 3.63) is 23.5 Å². The monoisotopic (exact) mass is 340 g/mol. The van der Waals surface area contributed by atoms with E-state index in [2.05, 4.69) is 10.6 Å². The van der Waals surface area contributed by atoms with Gasteiger partial charge in [-0.05, 0) is 32.0 Å². The summed E-state index contributed by atoms with van der Waals surface area (Å²) in [5.74, 6) is -0.544. The number of halogens is 1. The lowest BCUT2D eigenvalue weighted by Crippen LogP contribution is -2.47. The first-order valence-electron chi connectivity index (χ1n) is 7.94. The lowest BCUT2D eigenvalue weighted by Gasteiger charge is -2.37. The highest BCUT2D eigenvalue weighted by atomic mass is 19.1. The quantitative estimate of drug-likeness (QED) is 0.789. The molecule has 134 valence electrons. The predicted octanol–water partition coefficient (Wildman–Crippen LogP) is 1.59. The van der Waals surface area contributed by atoms with Gasteiger partial charge in [0.25, 0.3) is 5.91 Å². The van der Waals surface area contributed by atoms with Crippen LogP contribution in [0.5, 0.6) is 11.5 Å². The molecule has 0 unspecified atom stereocenters. The van der Waals surface area contributed by atoms with Crippen molar-refractivity contribution in [1.29, 1.82) is 0 Å². The zero-order chi connectivity index (χ0) is 17.6. The normalized spacial score (nSPS) is 16.5. The number of nitrogens with one attached hydrogen (secondary N) is 2. The van der Waals surface area contributed by atoms with Crippen molar-refractivity contribution in [2.45, 2.75) is 12.8 Å². The van der Waals surface area contributed by atoms with E-state index in [1.807, 2.05) is 0 Å². The minimum Gasteiger partial charge on any atom is -0.493 e. The van der Waals surface area contributed by atoms with E-state index >= 15 is 0 Å². The zero-order valence-corrected chi connectivity index (χ0v) is 14.4. The van der Waals surface area contributed by atoms with Crippen LogP contribution in [0.3, 0.4) is 0 Å². The van der Waals surface area contributed by atoms with Crippen LogP contribution in [0.4, 0.5) is 4.39 Å². The highest BCUT2D eigenvalue weighted by Gasteiger charge is 2.33. The van der Waals surface area contributed by atoms with Gasteiger partial charge < -0.3 is 24.8 Å². The molecule has 1 aliphatic rings. The molecule has 0 bridgehead atoms. The molecule has 1 aromatic carbocycles. The van der Waals surface area contributed by atoms with E-state index in [1.165, 1.54) is 20.3 Å². The number of benzene rings is 1. The molecule has 1 saturated heterocycles. The molecule has 24 heavy (non-hydrogen) atoms. The first-order chi connectivity index (χ1) is 11.5. The summed E-state index contributed by atoms with van der Waals surface area (Å²) in [4.78, 5) is 12.4. The predicted molar refractivity (Wildman–Crippen MR) is 88.2 cm³/mol. The molecule has 2 N–H and O–H groups in total. The van der Waals surface area contributed by atoms with Gasteiger partial charge in [0.2, 0.25) is 0 Å². The van der Waals surface area contributed by atoms with Crippen molar-refractivity contribution in [3.8, 4) is 11.5 Å². The Labute approximate surface area is 141 Å². The van der Waals surface area contributed by atoms with E-state index in [-0.39, 0.29) is 16.7 Å². The maximum Gasteiger partial charge on any atom is 0.254 e. The highest BCUT2D eigenvalue weighted by Crippen LogP contribution is 2.31. The molecule has 0 spiro atoms. The Kier molecular flexibility index (Phi) is 6.39. The summed E-state index contributed by atoms with van der Waals surface area (Å²) in [5.41, 5.74) is -0.183. The molecule has 0 saturated carbocycles. The molecule has 1 aromatic rings. The lowest BCUT2D eigenvalue weighted by molar-refractivity contribution is 0.0511. The first-order valence-corrected chi connectivity index (χ1v) is 7.94. The van der Waals surface area contributed by atoms with Crippen LogP contribution in [0.25, 0.3) is 0 Å². The zero-order valence-electron chi connectivity index (χ0n) is 14.4. The van der Waals surface area contributed by atoms with Crippen molar-refractivity contribution >= 4 is 5.91 Å². The van der Waals surface area contributed by atoms with Crippen LogP contribution in [0, 0.1) is 11.2 Å². The molecule has 1 amide bonds. The number of rotatable bonds is 7. The van der Waals surface area contributed by atoms with Crippen molar-refractivity contribution in [2.24, 2.45) is 5.41 Å². The van der Waals surface area contributed by atoms with Crippen LogP contribution in [0.15, 0.2) is 12.1 Å².